The van der Waals surface area contributed by atoms with Crippen LogP contribution in [0.1, 0.15) is 32.8 Å². The van der Waals surface area contributed by atoms with Gasteiger partial charge in [0.25, 0.3) is 0 Å². The van der Waals surface area contributed by atoms with Gasteiger partial charge in [-0.3, -0.25) is 4.90 Å². The first-order valence-corrected chi connectivity index (χ1v) is 7.75. The van der Waals surface area contributed by atoms with E-state index in [1.54, 1.807) is 12.1 Å². The molecule has 2 atom stereocenters. The molecule has 0 aromatic heterocycles. The third kappa shape index (κ3) is 4.18. The highest BCUT2D eigenvalue weighted by Gasteiger charge is 2.26. The molecule has 1 aromatic rings. The molecule has 20 heavy (non-hydrogen) atoms. The van der Waals surface area contributed by atoms with Crippen LogP contribution in [-0.2, 0) is 6.54 Å². The maximum Gasteiger partial charge on any atom is 0.123 e. The molecule has 1 heterocycles. The summed E-state index contributed by atoms with van der Waals surface area (Å²) in [6.07, 6.45) is 1.15. The Hall–Kier alpha value is -0.640. The zero-order valence-electron chi connectivity index (χ0n) is 12.5. The van der Waals surface area contributed by atoms with E-state index < -0.39 is 0 Å². The van der Waals surface area contributed by atoms with Gasteiger partial charge in [-0.1, -0.05) is 25.4 Å². The second-order valence-corrected chi connectivity index (χ2v) is 6.67. The van der Waals surface area contributed by atoms with Gasteiger partial charge in [-0.2, -0.15) is 0 Å². The summed E-state index contributed by atoms with van der Waals surface area (Å²) in [4.78, 5) is 2.43. The van der Waals surface area contributed by atoms with Crippen molar-refractivity contribution in [2.24, 2.45) is 5.92 Å². The lowest BCUT2D eigenvalue weighted by atomic mass is 9.98. The van der Waals surface area contributed by atoms with Gasteiger partial charge in [0.15, 0.2) is 0 Å². The summed E-state index contributed by atoms with van der Waals surface area (Å²) >= 11 is 6.20. The van der Waals surface area contributed by atoms with Gasteiger partial charge >= 0.3 is 0 Å². The van der Waals surface area contributed by atoms with Crippen molar-refractivity contribution in [1.29, 1.82) is 0 Å². The smallest absolute Gasteiger partial charge is 0.123 e. The Bertz CT molecular complexity index is 450. The van der Waals surface area contributed by atoms with Gasteiger partial charge in [0.2, 0.25) is 0 Å². The van der Waals surface area contributed by atoms with Crippen molar-refractivity contribution in [2.75, 3.05) is 13.1 Å². The molecule has 2 unspecified atom stereocenters. The lowest BCUT2D eigenvalue weighted by Gasteiger charge is -2.40. The van der Waals surface area contributed by atoms with E-state index in [1.807, 2.05) is 0 Å². The van der Waals surface area contributed by atoms with Crippen molar-refractivity contribution in [3.05, 3.63) is 34.6 Å². The van der Waals surface area contributed by atoms with Crippen LogP contribution in [-0.4, -0.2) is 30.1 Å². The maximum atomic E-state index is 13.4. The maximum absolute atomic E-state index is 13.4. The molecule has 1 N–H and O–H groups in total. The van der Waals surface area contributed by atoms with Crippen LogP contribution in [0.5, 0.6) is 0 Å². The molecule has 1 saturated heterocycles. The third-order valence-corrected chi connectivity index (χ3v) is 4.22. The zero-order chi connectivity index (χ0) is 14.7. The predicted octanol–water partition coefficient (Wildman–Crippen LogP) is 3.69. The zero-order valence-corrected chi connectivity index (χ0v) is 13.3. The fourth-order valence-electron chi connectivity index (χ4n) is 2.89. The second-order valence-electron chi connectivity index (χ2n) is 6.26. The highest BCUT2D eigenvalue weighted by atomic mass is 35.5. The molecular formula is C16H24ClFN2. The monoisotopic (exact) mass is 298 g/mol. The summed E-state index contributed by atoms with van der Waals surface area (Å²) in [5.41, 5.74) is 0.884. The number of nitrogens with one attached hydrogen (secondary N) is 1. The molecule has 0 amide bonds. The summed E-state index contributed by atoms with van der Waals surface area (Å²) in [5.74, 6) is 0.439. The van der Waals surface area contributed by atoms with Crippen molar-refractivity contribution in [3.8, 4) is 0 Å². The fraction of sp³-hybridized carbons (Fsp3) is 0.625. The Morgan fingerprint density at radius 1 is 1.45 bits per heavy atom. The van der Waals surface area contributed by atoms with E-state index in [0.717, 1.165) is 31.6 Å². The minimum Gasteiger partial charge on any atom is -0.311 e. The largest absolute Gasteiger partial charge is 0.311 e. The summed E-state index contributed by atoms with van der Waals surface area (Å²) < 4.78 is 13.4. The number of hydrogen-bond donors (Lipinski definition) is 1. The van der Waals surface area contributed by atoms with Crippen molar-refractivity contribution in [2.45, 2.75) is 45.8 Å². The molecule has 0 spiro atoms. The fourth-order valence-corrected chi connectivity index (χ4v) is 3.06. The first-order valence-electron chi connectivity index (χ1n) is 7.37. The Morgan fingerprint density at radius 2 is 2.20 bits per heavy atom. The molecule has 1 fully saturated rings. The lowest BCUT2D eigenvalue weighted by molar-refractivity contribution is 0.111. The van der Waals surface area contributed by atoms with Crippen LogP contribution < -0.4 is 5.32 Å². The normalized spacial score (nSPS) is 24.3. The van der Waals surface area contributed by atoms with E-state index in [2.05, 4.69) is 31.0 Å². The average Bonchev–Trinajstić information content (AvgIpc) is 2.37. The van der Waals surface area contributed by atoms with E-state index >= 15 is 0 Å². The Labute approximate surface area is 126 Å². The van der Waals surface area contributed by atoms with E-state index in [0.29, 0.717) is 23.0 Å². The first kappa shape index (κ1) is 15.7. The topological polar surface area (TPSA) is 15.3 Å². The lowest BCUT2D eigenvalue weighted by Crippen LogP contribution is -2.55. The molecule has 2 rings (SSSR count). The molecule has 2 nitrogen and oxygen atoms in total. The van der Waals surface area contributed by atoms with Crippen molar-refractivity contribution in [3.63, 3.8) is 0 Å². The van der Waals surface area contributed by atoms with Crippen LogP contribution in [0.15, 0.2) is 18.2 Å². The molecule has 0 radical (unpaired) electrons. The van der Waals surface area contributed by atoms with Crippen molar-refractivity contribution in [1.82, 2.24) is 10.2 Å². The summed E-state index contributed by atoms with van der Waals surface area (Å²) in [6, 6.07) is 5.57. The summed E-state index contributed by atoms with van der Waals surface area (Å²) in [6.45, 7) is 9.36. The van der Waals surface area contributed by atoms with Gasteiger partial charge in [0.05, 0.1) is 0 Å². The SMILES string of the molecule is CC(C)CC1CNC(C)CN1Cc1cc(F)ccc1Cl. The quantitative estimate of drug-likeness (QED) is 0.912. The van der Waals surface area contributed by atoms with Gasteiger partial charge < -0.3 is 5.32 Å². The van der Waals surface area contributed by atoms with Gasteiger partial charge in [-0.25, -0.2) is 4.39 Å². The number of piperazine rings is 1. The molecule has 1 aromatic carbocycles. The Kier molecular flexibility index (Phi) is 5.42. The summed E-state index contributed by atoms with van der Waals surface area (Å²) in [5, 5.41) is 4.18. The molecule has 0 bridgehead atoms. The van der Waals surface area contributed by atoms with Gasteiger partial charge in [0, 0.05) is 36.7 Å². The second kappa shape index (κ2) is 6.88. The molecule has 0 aliphatic carbocycles. The van der Waals surface area contributed by atoms with Crippen LogP contribution in [0, 0.1) is 11.7 Å². The number of rotatable bonds is 4. The molecule has 4 heteroatoms. The summed E-state index contributed by atoms with van der Waals surface area (Å²) in [7, 11) is 0. The van der Waals surface area contributed by atoms with Crippen LogP contribution >= 0.6 is 11.6 Å². The highest BCUT2D eigenvalue weighted by molar-refractivity contribution is 6.31. The van der Waals surface area contributed by atoms with Gasteiger partial charge in [0.1, 0.15) is 5.82 Å². The molecule has 112 valence electrons. The highest BCUT2D eigenvalue weighted by Crippen LogP contribution is 2.23. The average molecular weight is 299 g/mol. The van der Waals surface area contributed by atoms with Gasteiger partial charge in [-0.05, 0) is 43.0 Å². The Balaban J connectivity index is 2.12. The molecule has 1 aliphatic heterocycles. The van der Waals surface area contributed by atoms with Crippen LogP contribution in [0.25, 0.3) is 0 Å². The molecule has 0 saturated carbocycles. The van der Waals surface area contributed by atoms with Crippen LogP contribution in [0.4, 0.5) is 4.39 Å². The standard InChI is InChI=1S/C16H24ClFN2/c1-11(2)6-15-8-19-12(3)9-20(15)10-13-7-14(18)4-5-16(13)17/h4-5,7,11-12,15,19H,6,8-10H2,1-3H3. The van der Waals surface area contributed by atoms with E-state index in [9.17, 15) is 4.39 Å². The number of nitrogens with zero attached hydrogens (tertiary/aromatic N) is 1. The molecule has 1 aliphatic rings. The van der Waals surface area contributed by atoms with E-state index in [1.165, 1.54) is 6.07 Å². The van der Waals surface area contributed by atoms with Crippen molar-refractivity contribution < 1.29 is 4.39 Å². The predicted molar refractivity (Wildman–Crippen MR) is 82.5 cm³/mol. The van der Waals surface area contributed by atoms with Crippen LogP contribution in [0.2, 0.25) is 5.02 Å². The first-order chi connectivity index (χ1) is 9.45. The van der Waals surface area contributed by atoms with E-state index in [4.69, 9.17) is 11.6 Å². The van der Waals surface area contributed by atoms with Crippen molar-refractivity contribution >= 4 is 11.6 Å². The number of benzene rings is 1. The molecular weight excluding hydrogens is 275 g/mol. The minimum atomic E-state index is -0.215. The van der Waals surface area contributed by atoms with Gasteiger partial charge in [-0.15, -0.1) is 0 Å². The van der Waals surface area contributed by atoms with E-state index in [-0.39, 0.29) is 5.82 Å². The number of hydrogen-bond acceptors (Lipinski definition) is 2. The minimum absolute atomic E-state index is 0.215. The third-order valence-electron chi connectivity index (χ3n) is 3.85. The van der Waals surface area contributed by atoms with Crippen LogP contribution in [0.3, 0.4) is 0 Å². The Morgan fingerprint density at radius 3 is 2.90 bits per heavy atom. The number of halogens is 2.